The van der Waals surface area contributed by atoms with Crippen LogP contribution in [0.1, 0.15) is 41.6 Å². The molecule has 0 unspecified atom stereocenters. The van der Waals surface area contributed by atoms with Crippen molar-refractivity contribution in [3.63, 3.8) is 0 Å². The third-order valence-corrected chi connectivity index (χ3v) is 8.65. The summed E-state index contributed by atoms with van der Waals surface area (Å²) in [6.07, 6.45) is 3.32. The number of nitrogens with one attached hydrogen (secondary N) is 3. The van der Waals surface area contributed by atoms with Gasteiger partial charge in [0.05, 0.1) is 15.9 Å². The minimum atomic E-state index is -4.37. The Labute approximate surface area is 222 Å². The number of hydrogen-bond donors (Lipinski definition) is 3. The molecule has 11 nitrogen and oxygen atoms in total. The average Bonchev–Trinajstić information content (AvgIpc) is 2.92. The second-order valence-electron chi connectivity index (χ2n) is 9.79. The first-order valence-corrected chi connectivity index (χ1v) is 14.2. The molecule has 1 aliphatic heterocycles. The van der Waals surface area contributed by atoms with E-state index in [4.69, 9.17) is 5.26 Å². The Morgan fingerprint density at radius 3 is 2.55 bits per heavy atom. The highest BCUT2D eigenvalue weighted by Gasteiger charge is 2.26. The molecule has 12 heteroatoms. The first-order valence-electron chi connectivity index (χ1n) is 12.7. The fraction of sp³-hybridized carbons (Fsp3) is 0.462. The minimum Gasteiger partial charge on any atom is -0.379 e. The Hall–Kier alpha value is -3.69. The third kappa shape index (κ3) is 6.23. The van der Waals surface area contributed by atoms with Crippen LogP contribution in [0.25, 0.3) is 0 Å². The molecule has 1 heterocycles. The van der Waals surface area contributed by atoms with E-state index in [1.165, 1.54) is 12.1 Å². The molecule has 1 saturated heterocycles. The first-order chi connectivity index (χ1) is 18.2. The maximum atomic E-state index is 13.0. The van der Waals surface area contributed by atoms with Gasteiger partial charge in [-0.2, -0.15) is 5.26 Å². The summed E-state index contributed by atoms with van der Waals surface area (Å²) in [5.41, 5.74) is 1.58. The number of piperazine rings is 1. The maximum Gasteiger partial charge on any atom is 0.293 e. The van der Waals surface area contributed by atoms with Crippen LogP contribution in [0.2, 0.25) is 0 Å². The number of carbonyl (C=O) groups excluding carboxylic acids is 1. The Bertz CT molecular complexity index is 1340. The molecule has 1 aliphatic carbocycles. The normalized spacial score (nSPS) is 19.8. The lowest BCUT2D eigenvalue weighted by atomic mass is 9.83. The van der Waals surface area contributed by atoms with Crippen LogP contribution in [0.3, 0.4) is 0 Å². The molecular weight excluding hydrogens is 508 g/mol. The predicted molar refractivity (Wildman–Crippen MR) is 144 cm³/mol. The van der Waals surface area contributed by atoms with E-state index in [9.17, 15) is 23.3 Å². The molecule has 0 bridgehead atoms. The predicted octanol–water partition coefficient (Wildman–Crippen LogP) is 3.17. The van der Waals surface area contributed by atoms with Gasteiger partial charge >= 0.3 is 0 Å². The van der Waals surface area contributed by atoms with Crippen molar-refractivity contribution < 1.29 is 18.1 Å². The van der Waals surface area contributed by atoms with Gasteiger partial charge in [0, 0.05) is 56.0 Å². The fourth-order valence-electron chi connectivity index (χ4n) is 5.08. The van der Waals surface area contributed by atoms with Crippen molar-refractivity contribution in [3.8, 4) is 6.07 Å². The smallest absolute Gasteiger partial charge is 0.293 e. The van der Waals surface area contributed by atoms with Gasteiger partial charge in [0.1, 0.15) is 5.69 Å². The molecule has 0 spiro atoms. The van der Waals surface area contributed by atoms with Gasteiger partial charge in [-0.1, -0.05) is 6.07 Å². The lowest BCUT2D eigenvalue weighted by Gasteiger charge is -2.31. The first kappa shape index (κ1) is 27.3. The summed E-state index contributed by atoms with van der Waals surface area (Å²) >= 11 is 0. The molecule has 3 N–H and O–H groups in total. The van der Waals surface area contributed by atoms with Crippen LogP contribution >= 0.6 is 0 Å². The monoisotopic (exact) mass is 540 g/mol. The molecule has 2 aliphatic rings. The van der Waals surface area contributed by atoms with E-state index < -0.39 is 20.9 Å². The molecule has 4 rings (SSSR count). The van der Waals surface area contributed by atoms with Crippen LogP contribution in [-0.2, 0) is 10.0 Å². The third-order valence-electron chi connectivity index (χ3n) is 7.32. The molecule has 1 saturated carbocycles. The van der Waals surface area contributed by atoms with Crippen molar-refractivity contribution in [1.29, 1.82) is 5.26 Å². The van der Waals surface area contributed by atoms with Crippen LogP contribution in [0, 0.1) is 40.2 Å². The van der Waals surface area contributed by atoms with Crippen molar-refractivity contribution >= 4 is 33.0 Å². The number of sulfonamides is 1. The number of nitriles is 1. The Morgan fingerprint density at radius 2 is 1.89 bits per heavy atom. The number of nitro groups is 1. The highest BCUT2D eigenvalue weighted by molar-refractivity contribution is 7.90. The molecule has 0 radical (unpaired) electrons. The number of nitro benzene ring substituents is 1. The van der Waals surface area contributed by atoms with Crippen molar-refractivity contribution in [1.82, 2.24) is 10.0 Å². The van der Waals surface area contributed by atoms with Gasteiger partial charge in [0.15, 0.2) is 0 Å². The number of benzene rings is 2. The molecule has 2 aromatic rings. The average molecular weight is 541 g/mol. The van der Waals surface area contributed by atoms with Crippen LogP contribution in [0.15, 0.2) is 41.3 Å². The van der Waals surface area contributed by atoms with Crippen molar-refractivity contribution in [2.75, 3.05) is 42.9 Å². The van der Waals surface area contributed by atoms with E-state index >= 15 is 0 Å². The van der Waals surface area contributed by atoms with E-state index in [0.717, 1.165) is 63.6 Å². The number of carbonyl (C=O) groups is 1. The molecule has 0 aromatic heterocycles. The van der Waals surface area contributed by atoms with Crippen LogP contribution in [0.4, 0.5) is 17.1 Å². The van der Waals surface area contributed by atoms with Gasteiger partial charge in [-0.25, -0.2) is 13.1 Å². The van der Waals surface area contributed by atoms with Crippen molar-refractivity contribution in [2.24, 2.45) is 11.8 Å². The molecule has 2 aromatic carbocycles. The zero-order chi connectivity index (χ0) is 27.3. The van der Waals surface area contributed by atoms with E-state index in [1.54, 1.807) is 19.1 Å². The standard InChI is InChI=1S/C26H32N6O5S/c1-18-22(3-2-4-24(18)31-13-11-28-12-14-31)26(33)30-38(36,37)21-9-10-23(25(15-21)32(34)35)29-17-20-7-5-19(16-27)6-8-20/h2-4,9-10,15,19-20,28-29H,5-8,11-14,17H2,1H3,(H,30,33). The summed E-state index contributed by atoms with van der Waals surface area (Å²) in [6, 6.07) is 11.0. The van der Waals surface area contributed by atoms with Crippen molar-refractivity contribution in [3.05, 3.63) is 57.6 Å². The van der Waals surface area contributed by atoms with E-state index in [0.29, 0.717) is 12.1 Å². The molecule has 202 valence electrons. The lowest BCUT2D eigenvalue weighted by molar-refractivity contribution is -0.384. The Balaban J connectivity index is 1.48. The quantitative estimate of drug-likeness (QED) is 0.338. The number of rotatable bonds is 8. The second-order valence-corrected chi connectivity index (χ2v) is 11.5. The summed E-state index contributed by atoms with van der Waals surface area (Å²) < 4.78 is 28.2. The highest BCUT2D eigenvalue weighted by Crippen LogP contribution is 2.32. The summed E-state index contributed by atoms with van der Waals surface area (Å²) in [6.45, 7) is 5.44. The Morgan fingerprint density at radius 1 is 1.18 bits per heavy atom. The molecular formula is C26H32N6O5S. The van der Waals surface area contributed by atoms with Gasteiger partial charge < -0.3 is 15.5 Å². The summed E-state index contributed by atoms with van der Waals surface area (Å²) in [5.74, 6) is -0.451. The van der Waals surface area contributed by atoms with Gasteiger partial charge in [0.25, 0.3) is 21.6 Å². The lowest BCUT2D eigenvalue weighted by Crippen LogP contribution is -2.44. The van der Waals surface area contributed by atoms with Gasteiger partial charge in [-0.3, -0.25) is 14.9 Å². The maximum absolute atomic E-state index is 13.0. The minimum absolute atomic E-state index is 0.0635. The topological polar surface area (TPSA) is 157 Å². The molecule has 0 atom stereocenters. The molecule has 1 amide bonds. The van der Waals surface area contributed by atoms with Gasteiger partial charge in [-0.05, 0) is 68.4 Å². The second kappa shape index (κ2) is 11.8. The van der Waals surface area contributed by atoms with Crippen LogP contribution in [0.5, 0.6) is 0 Å². The zero-order valence-corrected chi connectivity index (χ0v) is 22.1. The van der Waals surface area contributed by atoms with E-state index in [1.807, 2.05) is 6.07 Å². The van der Waals surface area contributed by atoms with Gasteiger partial charge in [0.2, 0.25) is 0 Å². The van der Waals surface area contributed by atoms with Crippen LogP contribution in [-0.4, -0.2) is 52.0 Å². The summed E-state index contributed by atoms with van der Waals surface area (Å²) in [4.78, 5) is 25.9. The van der Waals surface area contributed by atoms with Crippen molar-refractivity contribution in [2.45, 2.75) is 37.5 Å². The fourth-order valence-corrected chi connectivity index (χ4v) is 6.07. The number of nitrogens with zero attached hydrogens (tertiary/aromatic N) is 3. The largest absolute Gasteiger partial charge is 0.379 e. The summed E-state index contributed by atoms with van der Waals surface area (Å²) in [5, 5.41) is 27.1. The number of hydrogen-bond acceptors (Lipinski definition) is 9. The summed E-state index contributed by atoms with van der Waals surface area (Å²) in [7, 11) is -4.37. The number of amides is 1. The number of anilines is 2. The zero-order valence-electron chi connectivity index (χ0n) is 21.3. The Kier molecular flexibility index (Phi) is 8.48. The van der Waals surface area contributed by atoms with Gasteiger partial charge in [-0.15, -0.1) is 0 Å². The highest BCUT2D eigenvalue weighted by atomic mass is 32.2. The molecule has 2 fully saturated rings. The van der Waals surface area contributed by atoms with E-state index in [2.05, 4.69) is 26.3 Å². The SMILES string of the molecule is Cc1c(C(=O)NS(=O)(=O)c2ccc(NCC3CCC(C#N)CC3)c([N+](=O)[O-])c2)cccc1N1CCNCC1. The van der Waals surface area contributed by atoms with E-state index in [-0.39, 0.29) is 33.7 Å². The van der Waals surface area contributed by atoms with Crippen LogP contribution < -0.4 is 20.3 Å². The molecule has 38 heavy (non-hydrogen) atoms.